The number of likely N-dealkylation sites (tertiary alicyclic amines) is 1. The number of hydrogen-bond donors (Lipinski definition) is 1. The molecule has 3 heterocycles. The summed E-state index contributed by atoms with van der Waals surface area (Å²) >= 11 is 0. The lowest BCUT2D eigenvalue weighted by molar-refractivity contribution is -0.133. The fourth-order valence-corrected chi connectivity index (χ4v) is 4.00. The molecule has 0 saturated carbocycles. The van der Waals surface area contributed by atoms with Crippen LogP contribution in [0.15, 0.2) is 42.7 Å². The quantitative estimate of drug-likeness (QED) is 0.898. The SMILES string of the molecule is O=C1NC(CC(=O)N2CCC(CCn3cccn3)CC2)c2ccccc21. The summed E-state index contributed by atoms with van der Waals surface area (Å²) in [6, 6.07) is 9.29. The number of piperidine rings is 1. The van der Waals surface area contributed by atoms with Crippen LogP contribution in [0.1, 0.15) is 47.6 Å². The van der Waals surface area contributed by atoms with Crippen molar-refractivity contribution in [2.24, 2.45) is 5.92 Å². The van der Waals surface area contributed by atoms with Gasteiger partial charge in [0, 0.05) is 37.6 Å². The van der Waals surface area contributed by atoms with Crippen molar-refractivity contribution < 1.29 is 9.59 Å². The van der Waals surface area contributed by atoms with E-state index in [0.29, 0.717) is 17.9 Å². The van der Waals surface area contributed by atoms with Gasteiger partial charge in [-0.25, -0.2) is 0 Å². The molecule has 1 saturated heterocycles. The van der Waals surface area contributed by atoms with Crippen molar-refractivity contribution in [1.82, 2.24) is 20.0 Å². The van der Waals surface area contributed by atoms with E-state index in [4.69, 9.17) is 0 Å². The Balaban J connectivity index is 1.27. The fourth-order valence-electron chi connectivity index (χ4n) is 4.00. The third-order valence-corrected chi connectivity index (χ3v) is 5.56. The number of fused-ring (bicyclic) bond motifs is 1. The van der Waals surface area contributed by atoms with Crippen molar-refractivity contribution in [1.29, 1.82) is 0 Å². The van der Waals surface area contributed by atoms with Gasteiger partial charge < -0.3 is 10.2 Å². The van der Waals surface area contributed by atoms with E-state index in [1.807, 2.05) is 46.1 Å². The molecule has 4 rings (SSSR count). The Hall–Kier alpha value is -2.63. The maximum absolute atomic E-state index is 12.7. The molecule has 1 unspecified atom stereocenters. The average Bonchev–Trinajstić information content (AvgIpc) is 3.29. The zero-order valence-electron chi connectivity index (χ0n) is 14.8. The van der Waals surface area contributed by atoms with E-state index >= 15 is 0 Å². The van der Waals surface area contributed by atoms with Crippen LogP contribution in [0.25, 0.3) is 0 Å². The highest BCUT2D eigenvalue weighted by molar-refractivity contribution is 5.99. The molecule has 2 aromatic rings. The van der Waals surface area contributed by atoms with Crippen LogP contribution < -0.4 is 5.32 Å². The van der Waals surface area contributed by atoms with E-state index in [2.05, 4.69) is 10.4 Å². The first kappa shape index (κ1) is 16.8. The summed E-state index contributed by atoms with van der Waals surface area (Å²) in [6.45, 7) is 2.56. The number of nitrogens with zero attached hydrogens (tertiary/aromatic N) is 3. The summed E-state index contributed by atoms with van der Waals surface area (Å²) in [4.78, 5) is 26.6. The normalized spacial score (nSPS) is 20.1. The van der Waals surface area contributed by atoms with Gasteiger partial charge in [0.15, 0.2) is 0 Å². The molecule has 0 aliphatic carbocycles. The van der Waals surface area contributed by atoms with Gasteiger partial charge in [0.05, 0.1) is 12.5 Å². The minimum atomic E-state index is -0.191. The van der Waals surface area contributed by atoms with Gasteiger partial charge in [-0.05, 0) is 42.9 Å². The van der Waals surface area contributed by atoms with Crippen LogP contribution in [0.3, 0.4) is 0 Å². The highest BCUT2D eigenvalue weighted by atomic mass is 16.2. The third-order valence-electron chi connectivity index (χ3n) is 5.56. The van der Waals surface area contributed by atoms with E-state index in [9.17, 15) is 9.59 Å². The van der Waals surface area contributed by atoms with E-state index in [0.717, 1.165) is 44.5 Å². The van der Waals surface area contributed by atoms with Gasteiger partial charge >= 0.3 is 0 Å². The molecule has 26 heavy (non-hydrogen) atoms. The maximum Gasteiger partial charge on any atom is 0.252 e. The average molecular weight is 352 g/mol. The Morgan fingerprint density at radius 3 is 2.77 bits per heavy atom. The summed E-state index contributed by atoms with van der Waals surface area (Å²) in [5, 5.41) is 7.18. The molecule has 1 N–H and O–H groups in total. The number of rotatable bonds is 5. The molecule has 0 bridgehead atoms. The molecule has 2 amide bonds. The van der Waals surface area contributed by atoms with Gasteiger partial charge in [-0.1, -0.05) is 18.2 Å². The van der Waals surface area contributed by atoms with Crippen molar-refractivity contribution in [2.75, 3.05) is 13.1 Å². The van der Waals surface area contributed by atoms with Gasteiger partial charge in [-0.15, -0.1) is 0 Å². The van der Waals surface area contributed by atoms with Crippen LogP contribution in [0.2, 0.25) is 0 Å². The Morgan fingerprint density at radius 2 is 2.00 bits per heavy atom. The second-order valence-electron chi connectivity index (χ2n) is 7.20. The zero-order valence-corrected chi connectivity index (χ0v) is 14.8. The number of hydrogen-bond acceptors (Lipinski definition) is 3. The molecule has 0 spiro atoms. The van der Waals surface area contributed by atoms with Gasteiger partial charge in [0.1, 0.15) is 0 Å². The first-order chi connectivity index (χ1) is 12.7. The maximum atomic E-state index is 12.7. The van der Waals surface area contributed by atoms with Crippen LogP contribution in [0, 0.1) is 5.92 Å². The lowest BCUT2D eigenvalue weighted by Crippen LogP contribution is -2.40. The number of benzene rings is 1. The highest BCUT2D eigenvalue weighted by Gasteiger charge is 2.31. The van der Waals surface area contributed by atoms with E-state index in [-0.39, 0.29) is 17.9 Å². The monoisotopic (exact) mass is 352 g/mol. The number of carbonyl (C=O) groups excluding carboxylic acids is 2. The first-order valence-electron chi connectivity index (χ1n) is 9.35. The molecule has 6 nitrogen and oxygen atoms in total. The summed E-state index contributed by atoms with van der Waals surface area (Å²) in [7, 11) is 0. The van der Waals surface area contributed by atoms with Crippen molar-refractivity contribution in [3.63, 3.8) is 0 Å². The molecule has 136 valence electrons. The molecule has 0 radical (unpaired) electrons. The standard InChI is InChI=1S/C20H24N4O2/c25-19(14-18-16-4-1-2-5-17(16)20(26)22-18)23-11-6-15(7-12-23)8-13-24-10-3-9-21-24/h1-5,9-10,15,18H,6-8,11-14H2,(H,22,26). The summed E-state index contributed by atoms with van der Waals surface area (Å²) in [5.74, 6) is 0.711. The Kier molecular flexibility index (Phi) is 4.73. The fraction of sp³-hybridized carbons (Fsp3) is 0.450. The van der Waals surface area contributed by atoms with Crippen LogP contribution in [0.4, 0.5) is 0 Å². The lowest BCUT2D eigenvalue weighted by atomic mass is 9.93. The van der Waals surface area contributed by atoms with Gasteiger partial charge in [0.25, 0.3) is 5.91 Å². The van der Waals surface area contributed by atoms with Crippen LogP contribution in [-0.4, -0.2) is 39.6 Å². The van der Waals surface area contributed by atoms with Crippen molar-refractivity contribution in [3.05, 3.63) is 53.9 Å². The predicted molar refractivity (Wildman–Crippen MR) is 97.4 cm³/mol. The van der Waals surface area contributed by atoms with Crippen molar-refractivity contribution in [2.45, 2.75) is 38.3 Å². The first-order valence-corrected chi connectivity index (χ1v) is 9.35. The van der Waals surface area contributed by atoms with E-state index in [1.54, 1.807) is 6.20 Å². The van der Waals surface area contributed by atoms with Crippen LogP contribution in [-0.2, 0) is 11.3 Å². The smallest absolute Gasteiger partial charge is 0.252 e. The van der Waals surface area contributed by atoms with Crippen molar-refractivity contribution >= 4 is 11.8 Å². The predicted octanol–water partition coefficient (Wildman–Crippen LogP) is 2.39. The molecule has 6 heteroatoms. The van der Waals surface area contributed by atoms with Gasteiger partial charge in [-0.3, -0.25) is 14.3 Å². The van der Waals surface area contributed by atoms with Crippen molar-refractivity contribution in [3.8, 4) is 0 Å². The van der Waals surface area contributed by atoms with E-state index in [1.165, 1.54) is 0 Å². The van der Waals surface area contributed by atoms with E-state index < -0.39 is 0 Å². The second-order valence-corrected chi connectivity index (χ2v) is 7.20. The molecular formula is C20H24N4O2. The molecule has 1 aromatic heterocycles. The number of aryl methyl sites for hydroxylation is 1. The Labute approximate surface area is 153 Å². The molecule has 2 aliphatic rings. The zero-order chi connectivity index (χ0) is 17.9. The minimum Gasteiger partial charge on any atom is -0.345 e. The largest absolute Gasteiger partial charge is 0.345 e. The van der Waals surface area contributed by atoms with Crippen LogP contribution >= 0.6 is 0 Å². The summed E-state index contributed by atoms with van der Waals surface area (Å²) in [5.41, 5.74) is 1.64. The highest BCUT2D eigenvalue weighted by Crippen LogP contribution is 2.29. The Morgan fingerprint density at radius 1 is 1.19 bits per heavy atom. The number of carbonyl (C=O) groups is 2. The number of nitrogens with one attached hydrogen (secondary N) is 1. The third kappa shape index (κ3) is 3.49. The minimum absolute atomic E-state index is 0.0734. The molecule has 1 fully saturated rings. The topological polar surface area (TPSA) is 67.2 Å². The number of amides is 2. The molecule has 2 aliphatic heterocycles. The molecular weight excluding hydrogens is 328 g/mol. The Bertz CT molecular complexity index is 779. The second kappa shape index (κ2) is 7.32. The lowest BCUT2D eigenvalue weighted by Gasteiger charge is -2.32. The summed E-state index contributed by atoms with van der Waals surface area (Å²) in [6.07, 6.45) is 7.34. The number of aromatic nitrogens is 2. The molecule has 1 atom stereocenters. The summed E-state index contributed by atoms with van der Waals surface area (Å²) < 4.78 is 1.97. The van der Waals surface area contributed by atoms with Gasteiger partial charge in [-0.2, -0.15) is 5.10 Å². The van der Waals surface area contributed by atoms with Gasteiger partial charge in [0.2, 0.25) is 5.91 Å². The van der Waals surface area contributed by atoms with Crippen LogP contribution in [0.5, 0.6) is 0 Å². The molecule has 1 aromatic carbocycles.